The fourth-order valence-corrected chi connectivity index (χ4v) is 4.70. The number of phenolic OH excluding ortho intramolecular Hbond substituents is 1. The molecule has 0 amide bonds. The first-order chi connectivity index (χ1) is 14.2. The molecule has 0 bridgehead atoms. The fraction of sp³-hybridized carbons (Fsp3) is 0.0500. The third-order valence-corrected chi connectivity index (χ3v) is 6.60. The zero-order valence-electron chi connectivity index (χ0n) is 15.5. The van der Waals surface area contributed by atoms with Crippen LogP contribution in [0.5, 0.6) is 11.5 Å². The summed E-state index contributed by atoms with van der Waals surface area (Å²) in [4.78, 5) is 15.0. The van der Waals surface area contributed by atoms with Crippen LogP contribution < -0.4 is 4.18 Å². The molecule has 10 heteroatoms. The van der Waals surface area contributed by atoms with E-state index >= 15 is 0 Å². The number of hydrogen-bond donors (Lipinski definition) is 1. The third kappa shape index (κ3) is 3.82. The van der Waals surface area contributed by atoms with Crippen LogP contribution in [0, 0.1) is 17.0 Å². The lowest BCUT2D eigenvalue weighted by atomic mass is 10.2. The Morgan fingerprint density at radius 3 is 2.50 bits per heavy atom. The average molecular weight is 442 g/mol. The molecule has 0 saturated carbocycles. The van der Waals surface area contributed by atoms with E-state index in [1.165, 1.54) is 47.7 Å². The molecule has 0 atom stereocenters. The van der Waals surface area contributed by atoms with E-state index in [2.05, 4.69) is 4.98 Å². The van der Waals surface area contributed by atoms with Crippen LogP contribution in [0.15, 0.2) is 65.6 Å². The van der Waals surface area contributed by atoms with Crippen LogP contribution in [-0.4, -0.2) is 23.4 Å². The van der Waals surface area contributed by atoms with Gasteiger partial charge in [0.05, 0.1) is 15.1 Å². The largest absolute Gasteiger partial charge is 0.508 e. The normalized spacial score (nSPS) is 11.5. The zero-order valence-corrected chi connectivity index (χ0v) is 17.1. The van der Waals surface area contributed by atoms with Gasteiger partial charge in [0.15, 0.2) is 0 Å². The summed E-state index contributed by atoms with van der Waals surface area (Å²) in [6.07, 6.45) is 0. The van der Waals surface area contributed by atoms with Crippen molar-refractivity contribution in [3.63, 3.8) is 0 Å². The number of fused-ring (bicyclic) bond motifs is 1. The number of aryl methyl sites for hydroxylation is 1. The minimum absolute atomic E-state index is 0.0922. The van der Waals surface area contributed by atoms with E-state index < -0.39 is 26.5 Å². The smallest absolute Gasteiger partial charge is 0.339 e. The predicted octanol–water partition coefficient (Wildman–Crippen LogP) is 4.65. The predicted molar refractivity (Wildman–Crippen MR) is 112 cm³/mol. The van der Waals surface area contributed by atoms with Gasteiger partial charge in [0.25, 0.3) is 0 Å². The lowest BCUT2D eigenvalue weighted by molar-refractivity contribution is -0.385. The van der Waals surface area contributed by atoms with Gasteiger partial charge < -0.3 is 9.29 Å². The van der Waals surface area contributed by atoms with Gasteiger partial charge in [0, 0.05) is 11.6 Å². The van der Waals surface area contributed by atoms with E-state index in [-0.39, 0.29) is 10.6 Å². The average Bonchev–Trinajstić information content (AvgIpc) is 3.11. The van der Waals surface area contributed by atoms with Crippen molar-refractivity contribution >= 4 is 37.4 Å². The SMILES string of the molecule is Cc1ccc(S(=O)(=O)Oc2cc(-c3nc4ccc(O)cc4s3)ccc2[N+](=O)[O-])cc1. The molecule has 3 aromatic carbocycles. The molecule has 1 heterocycles. The number of rotatable bonds is 5. The highest BCUT2D eigenvalue weighted by molar-refractivity contribution is 7.87. The van der Waals surface area contributed by atoms with Gasteiger partial charge in [-0.05, 0) is 49.4 Å². The molecular weight excluding hydrogens is 428 g/mol. The second-order valence-electron chi connectivity index (χ2n) is 6.46. The molecule has 30 heavy (non-hydrogen) atoms. The lowest BCUT2D eigenvalue weighted by Gasteiger charge is -2.09. The van der Waals surface area contributed by atoms with E-state index in [0.717, 1.165) is 10.3 Å². The summed E-state index contributed by atoms with van der Waals surface area (Å²) in [6, 6.07) is 14.6. The first-order valence-electron chi connectivity index (χ1n) is 8.62. The summed E-state index contributed by atoms with van der Waals surface area (Å²) in [5.41, 5.74) is 1.48. The maximum absolute atomic E-state index is 12.6. The lowest BCUT2D eigenvalue weighted by Crippen LogP contribution is -2.11. The summed E-state index contributed by atoms with van der Waals surface area (Å²) in [7, 11) is -4.27. The summed E-state index contributed by atoms with van der Waals surface area (Å²) in [5.74, 6) is -0.310. The van der Waals surface area contributed by atoms with Crippen molar-refractivity contribution in [2.75, 3.05) is 0 Å². The molecule has 0 radical (unpaired) electrons. The van der Waals surface area contributed by atoms with Crippen LogP contribution in [0.4, 0.5) is 5.69 Å². The number of aromatic nitrogens is 1. The molecule has 0 aliphatic carbocycles. The number of aromatic hydroxyl groups is 1. The molecule has 0 saturated heterocycles. The number of hydrogen-bond acceptors (Lipinski definition) is 8. The van der Waals surface area contributed by atoms with Crippen molar-refractivity contribution < 1.29 is 22.6 Å². The van der Waals surface area contributed by atoms with Crippen LogP contribution in [0.2, 0.25) is 0 Å². The minimum atomic E-state index is -4.27. The van der Waals surface area contributed by atoms with E-state index in [4.69, 9.17) is 4.18 Å². The molecule has 1 N–H and O–H groups in total. The van der Waals surface area contributed by atoms with Crippen LogP contribution in [0.1, 0.15) is 5.56 Å². The van der Waals surface area contributed by atoms with Crippen molar-refractivity contribution in [2.45, 2.75) is 11.8 Å². The van der Waals surface area contributed by atoms with Gasteiger partial charge in [-0.15, -0.1) is 11.3 Å². The van der Waals surface area contributed by atoms with Crippen molar-refractivity contribution in [1.82, 2.24) is 4.98 Å². The Balaban J connectivity index is 1.78. The summed E-state index contributed by atoms with van der Waals surface area (Å²) in [6.45, 7) is 1.81. The van der Waals surface area contributed by atoms with Crippen molar-refractivity contribution in [2.24, 2.45) is 0 Å². The second kappa shape index (κ2) is 7.39. The number of nitro benzene ring substituents is 1. The van der Waals surface area contributed by atoms with Gasteiger partial charge in [0.1, 0.15) is 15.7 Å². The molecule has 4 aromatic rings. The second-order valence-corrected chi connectivity index (χ2v) is 9.04. The number of nitrogens with zero attached hydrogens (tertiary/aromatic N) is 2. The highest BCUT2D eigenvalue weighted by Gasteiger charge is 2.24. The Morgan fingerprint density at radius 2 is 1.80 bits per heavy atom. The maximum Gasteiger partial charge on any atom is 0.339 e. The Labute approximate surface area is 175 Å². The highest BCUT2D eigenvalue weighted by Crippen LogP contribution is 2.37. The summed E-state index contributed by atoms with van der Waals surface area (Å²) >= 11 is 1.26. The van der Waals surface area contributed by atoms with E-state index in [1.54, 1.807) is 24.3 Å². The number of benzene rings is 3. The Bertz CT molecular complexity index is 1380. The quantitative estimate of drug-likeness (QED) is 0.271. The maximum atomic E-state index is 12.6. The Kier molecular flexibility index (Phi) is 4.88. The van der Waals surface area contributed by atoms with E-state index in [0.29, 0.717) is 16.1 Å². The third-order valence-electron chi connectivity index (χ3n) is 4.28. The zero-order chi connectivity index (χ0) is 21.5. The van der Waals surface area contributed by atoms with Gasteiger partial charge in [-0.2, -0.15) is 8.42 Å². The van der Waals surface area contributed by atoms with Crippen LogP contribution in [0.25, 0.3) is 20.8 Å². The standard InChI is InChI=1S/C20H14N2O6S2/c1-12-2-6-15(7-3-12)30(26,27)28-18-10-13(4-9-17(18)22(24)25)20-21-16-8-5-14(23)11-19(16)29-20/h2-11,23H,1H3. The van der Waals surface area contributed by atoms with Crippen molar-refractivity contribution in [1.29, 1.82) is 0 Å². The van der Waals surface area contributed by atoms with Gasteiger partial charge in [-0.3, -0.25) is 10.1 Å². The summed E-state index contributed by atoms with van der Waals surface area (Å²) < 4.78 is 31.1. The van der Waals surface area contributed by atoms with E-state index in [9.17, 15) is 23.6 Å². The molecule has 0 aliphatic heterocycles. The summed E-state index contributed by atoms with van der Waals surface area (Å²) in [5, 5.41) is 21.5. The molecular formula is C20H14N2O6S2. The topological polar surface area (TPSA) is 120 Å². The molecule has 0 aliphatic rings. The van der Waals surface area contributed by atoms with Crippen LogP contribution >= 0.6 is 11.3 Å². The van der Waals surface area contributed by atoms with Gasteiger partial charge in [-0.1, -0.05) is 17.7 Å². The molecule has 0 unspecified atom stereocenters. The monoisotopic (exact) mass is 442 g/mol. The number of phenols is 1. The van der Waals surface area contributed by atoms with Gasteiger partial charge in [-0.25, -0.2) is 4.98 Å². The molecule has 152 valence electrons. The van der Waals surface area contributed by atoms with Crippen LogP contribution in [-0.2, 0) is 10.1 Å². The minimum Gasteiger partial charge on any atom is -0.508 e. The number of thiazole rings is 1. The molecule has 0 fully saturated rings. The molecule has 1 aromatic heterocycles. The van der Waals surface area contributed by atoms with E-state index in [1.807, 2.05) is 6.92 Å². The Hall–Kier alpha value is -3.50. The highest BCUT2D eigenvalue weighted by atomic mass is 32.2. The first-order valence-corrected chi connectivity index (χ1v) is 10.8. The first kappa shape index (κ1) is 19.8. The Morgan fingerprint density at radius 1 is 1.07 bits per heavy atom. The molecule has 8 nitrogen and oxygen atoms in total. The van der Waals surface area contributed by atoms with Crippen molar-refractivity contribution in [3.8, 4) is 22.1 Å². The van der Waals surface area contributed by atoms with Gasteiger partial charge in [0.2, 0.25) is 5.75 Å². The number of nitro groups is 1. The van der Waals surface area contributed by atoms with Gasteiger partial charge >= 0.3 is 15.8 Å². The fourth-order valence-electron chi connectivity index (χ4n) is 2.77. The molecule has 0 spiro atoms. The molecule has 4 rings (SSSR count). The van der Waals surface area contributed by atoms with Crippen molar-refractivity contribution in [3.05, 3.63) is 76.3 Å². The van der Waals surface area contributed by atoms with Crippen LogP contribution in [0.3, 0.4) is 0 Å².